The van der Waals surface area contributed by atoms with Crippen molar-refractivity contribution in [3.63, 3.8) is 0 Å². The van der Waals surface area contributed by atoms with Gasteiger partial charge in [0.2, 0.25) is 0 Å². The minimum Gasteiger partial charge on any atom is -0.449 e. The van der Waals surface area contributed by atoms with E-state index >= 15 is 0 Å². The molecular weight excluding hydrogens is 166 g/mol. The summed E-state index contributed by atoms with van der Waals surface area (Å²) >= 11 is 0. The highest BCUT2D eigenvalue weighted by molar-refractivity contribution is 6.46. The predicted molar refractivity (Wildman–Crippen MR) is 52.9 cm³/mol. The Bertz CT molecular complexity index is 442. The van der Waals surface area contributed by atoms with Crippen LogP contribution >= 0.6 is 0 Å². The van der Waals surface area contributed by atoms with Gasteiger partial charge in [0, 0.05) is 5.39 Å². The van der Waals surface area contributed by atoms with Crippen LogP contribution in [-0.4, -0.2) is 12.5 Å². The van der Waals surface area contributed by atoms with Gasteiger partial charge in [0.15, 0.2) is 0 Å². The lowest BCUT2D eigenvalue weighted by molar-refractivity contribution is 0.605. The van der Waals surface area contributed by atoms with Crippen molar-refractivity contribution in [3.8, 4) is 0 Å². The molecule has 0 aliphatic carbocycles. The zero-order valence-corrected chi connectivity index (χ0v) is 7.00. The van der Waals surface area contributed by atoms with E-state index < -0.39 is 0 Å². The van der Waals surface area contributed by atoms with Crippen molar-refractivity contribution in [2.45, 2.75) is 0 Å². The van der Waals surface area contributed by atoms with Crippen molar-refractivity contribution in [2.24, 2.45) is 0 Å². The summed E-state index contributed by atoms with van der Waals surface area (Å²) in [6, 6.07) is 10.6. The van der Waals surface area contributed by atoms with Gasteiger partial charge in [0.25, 0.3) is 0 Å². The normalized spacial score (nSPS) is 10.3. The van der Waals surface area contributed by atoms with Crippen molar-refractivity contribution in [1.82, 2.24) is 0 Å². The zero-order chi connectivity index (χ0) is 9.26. The number of fused-ring (bicyclic) bond motifs is 1. The molecule has 0 aliphatic rings. The molecule has 0 spiro atoms. The second-order valence-electron chi connectivity index (χ2n) is 2.92. The first-order valence-corrected chi connectivity index (χ1v) is 4.10. The summed E-state index contributed by atoms with van der Waals surface area (Å²) in [5.74, 6) is -0.319. The summed E-state index contributed by atoms with van der Waals surface area (Å²) in [5.41, 5.74) is 0.346. The average Bonchev–Trinajstić information content (AvgIpc) is 2.19. The van der Waals surface area contributed by atoms with Gasteiger partial charge in [-0.05, 0) is 10.8 Å². The third-order valence-electron chi connectivity index (χ3n) is 2.11. The standard InChI is InChI=1S/C10H8BFO/c12-10-8-4-2-1-3-7(8)5-6-9(10)11-13/h1-6,11,13H. The molecule has 0 saturated carbocycles. The summed E-state index contributed by atoms with van der Waals surface area (Å²) in [7, 11) is -0.253. The number of hydrogen-bond acceptors (Lipinski definition) is 1. The molecule has 0 saturated heterocycles. The van der Waals surface area contributed by atoms with Crippen molar-refractivity contribution < 1.29 is 9.41 Å². The molecule has 13 heavy (non-hydrogen) atoms. The molecule has 64 valence electrons. The van der Waals surface area contributed by atoms with Gasteiger partial charge in [-0.3, -0.25) is 0 Å². The Kier molecular flexibility index (Phi) is 2.03. The predicted octanol–water partition coefficient (Wildman–Crippen LogP) is 0.948. The largest absolute Gasteiger partial charge is 0.449 e. The summed E-state index contributed by atoms with van der Waals surface area (Å²) < 4.78 is 13.5. The highest BCUT2D eigenvalue weighted by Crippen LogP contribution is 2.14. The maximum Gasteiger partial charge on any atom is 0.307 e. The van der Waals surface area contributed by atoms with Crippen LogP contribution in [0, 0.1) is 5.82 Å². The maximum absolute atomic E-state index is 13.5. The van der Waals surface area contributed by atoms with Crippen LogP contribution in [0.1, 0.15) is 0 Å². The molecule has 0 unspecified atom stereocenters. The van der Waals surface area contributed by atoms with Crippen molar-refractivity contribution in [3.05, 3.63) is 42.2 Å². The van der Waals surface area contributed by atoms with Crippen LogP contribution in [0.3, 0.4) is 0 Å². The van der Waals surface area contributed by atoms with E-state index in [1.165, 1.54) is 0 Å². The molecule has 2 aromatic carbocycles. The van der Waals surface area contributed by atoms with E-state index in [0.717, 1.165) is 5.39 Å². The molecule has 1 nitrogen and oxygen atoms in total. The quantitative estimate of drug-likeness (QED) is 0.638. The van der Waals surface area contributed by atoms with Gasteiger partial charge in [-0.15, -0.1) is 0 Å². The topological polar surface area (TPSA) is 20.2 Å². The second-order valence-corrected chi connectivity index (χ2v) is 2.92. The number of hydrogen-bond donors (Lipinski definition) is 1. The highest BCUT2D eigenvalue weighted by Gasteiger charge is 2.05. The number of rotatable bonds is 1. The molecule has 0 fully saturated rings. The smallest absolute Gasteiger partial charge is 0.307 e. The Morgan fingerprint density at radius 3 is 2.62 bits per heavy atom. The van der Waals surface area contributed by atoms with Crippen molar-refractivity contribution in [1.29, 1.82) is 0 Å². The van der Waals surface area contributed by atoms with Gasteiger partial charge in [0.05, 0.1) is 0 Å². The van der Waals surface area contributed by atoms with E-state index in [4.69, 9.17) is 5.02 Å². The van der Waals surface area contributed by atoms with Crippen LogP contribution in [0.4, 0.5) is 4.39 Å². The Labute approximate surface area is 76.1 Å². The van der Waals surface area contributed by atoms with E-state index in [1.807, 2.05) is 18.2 Å². The third kappa shape index (κ3) is 1.31. The minimum atomic E-state index is -0.319. The monoisotopic (exact) mass is 174 g/mol. The summed E-state index contributed by atoms with van der Waals surface area (Å²) in [5, 5.41) is 10.3. The summed E-state index contributed by atoms with van der Waals surface area (Å²) in [4.78, 5) is 0. The maximum atomic E-state index is 13.5. The second kappa shape index (κ2) is 3.19. The molecular formula is C10H8BFO. The lowest BCUT2D eigenvalue weighted by atomic mass is 9.86. The Hall–Kier alpha value is -1.35. The van der Waals surface area contributed by atoms with Gasteiger partial charge in [-0.1, -0.05) is 36.4 Å². The fraction of sp³-hybridized carbons (Fsp3) is 0. The molecule has 2 rings (SSSR count). The lowest BCUT2D eigenvalue weighted by Crippen LogP contribution is -2.17. The third-order valence-corrected chi connectivity index (χ3v) is 2.11. The van der Waals surface area contributed by atoms with E-state index in [0.29, 0.717) is 10.8 Å². The van der Waals surface area contributed by atoms with Gasteiger partial charge < -0.3 is 5.02 Å². The van der Waals surface area contributed by atoms with Crippen LogP contribution in [0.2, 0.25) is 0 Å². The van der Waals surface area contributed by atoms with Gasteiger partial charge in [-0.25, -0.2) is 4.39 Å². The minimum absolute atomic E-state index is 0.253. The molecule has 0 atom stereocenters. The van der Waals surface area contributed by atoms with Crippen LogP contribution in [-0.2, 0) is 0 Å². The van der Waals surface area contributed by atoms with Crippen LogP contribution in [0.25, 0.3) is 10.8 Å². The molecule has 0 radical (unpaired) electrons. The Morgan fingerprint density at radius 2 is 1.85 bits per heavy atom. The fourth-order valence-electron chi connectivity index (χ4n) is 1.40. The van der Waals surface area contributed by atoms with E-state index in [1.54, 1.807) is 18.2 Å². The van der Waals surface area contributed by atoms with E-state index in [-0.39, 0.29) is 13.3 Å². The molecule has 0 amide bonds. The SMILES string of the molecule is OBc1ccc2ccccc2c1F. The Balaban J connectivity index is 2.79. The summed E-state index contributed by atoms with van der Waals surface area (Å²) in [6.45, 7) is 0. The van der Waals surface area contributed by atoms with Gasteiger partial charge >= 0.3 is 7.48 Å². The van der Waals surface area contributed by atoms with Crippen LogP contribution in [0.15, 0.2) is 36.4 Å². The zero-order valence-electron chi connectivity index (χ0n) is 7.00. The van der Waals surface area contributed by atoms with Crippen molar-refractivity contribution in [2.75, 3.05) is 0 Å². The van der Waals surface area contributed by atoms with E-state index in [9.17, 15) is 4.39 Å². The van der Waals surface area contributed by atoms with Gasteiger partial charge in [-0.2, -0.15) is 0 Å². The van der Waals surface area contributed by atoms with E-state index in [2.05, 4.69) is 0 Å². The molecule has 0 aliphatic heterocycles. The summed E-state index contributed by atoms with van der Waals surface area (Å²) in [6.07, 6.45) is 0. The molecule has 0 heterocycles. The molecule has 0 bridgehead atoms. The van der Waals surface area contributed by atoms with Crippen LogP contribution in [0.5, 0.6) is 0 Å². The highest BCUT2D eigenvalue weighted by atomic mass is 19.1. The Morgan fingerprint density at radius 1 is 1.08 bits per heavy atom. The first-order chi connectivity index (χ1) is 6.33. The van der Waals surface area contributed by atoms with Gasteiger partial charge in [0.1, 0.15) is 5.82 Å². The molecule has 0 aromatic heterocycles. The lowest BCUT2D eigenvalue weighted by Gasteiger charge is -2.02. The molecule has 1 N–H and O–H groups in total. The molecule has 2 aromatic rings. The first-order valence-electron chi connectivity index (χ1n) is 4.10. The first kappa shape index (κ1) is 8.26. The van der Waals surface area contributed by atoms with Crippen molar-refractivity contribution >= 4 is 23.7 Å². The number of benzene rings is 2. The number of halogens is 1. The van der Waals surface area contributed by atoms with Crippen LogP contribution < -0.4 is 5.46 Å². The average molecular weight is 174 g/mol. The molecule has 3 heteroatoms. The fourth-order valence-corrected chi connectivity index (χ4v) is 1.40.